The zero-order valence-electron chi connectivity index (χ0n) is 23.6. The van der Waals surface area contributed by atoms with E-state index >= 15 is 0 Å². The van der Waals surface area contributed by atoms with Gasteiger partial charge in [-0.1, -0.05) is 56.5 Å². The van der Waals surface area contributed by atoms with Crippen molar-refractivity contribution in [1.82, 2.24) is 10.3 Å². The molecule has 0 saturated heterocycles. The van der Waals surface area contributed by atoms with Gasteiger partial charge in [-0.3, -0.25) is 9.59 Å². The van der Waals surface area contributed by atoms with Crippen LogP contribution in [0.1, 0.15) is 64.2 Å². The molecule has 1 saturated carbocycles. The summed E-state index contributed by atoms with van der Waals surface area (Å²) >= 11 is 0. The monoisotopic (exact) mass is 558 g/mol. The van der Waals surface area contributed by atoms with E-state index < -0.39 is 29.3 Å². The van der Waals surface area contributed by atoms with Crippen molar-refractivity contribution < 1.29 is 38.1 Å². The summed E-state index contributed by atoms with van der Waals surface area (Å²) in [5.41, 5.74) is -0.0426. The number of amides is 1. The second-order valence-corrected chi connectivity index (χ2v) is 10.4. The van der Waals surface area contributed by atoms with Crippen LogP contribution in [0.4, 0.5) is 0 Å². The number of aromatic nitrogens is 1. The first-order valence-electron chi connectivity index (χ1n) is 14.2. The summed E-state index contributed by atoms with van der Waals surface area (Å²) in [5.74, 6) is -1.81. The number of carbonyl (C=O) groups is 3. The van der Waals surface area contributed by atoms with Crippen molar-refractivity contribution in [3.05, 3.63) is 42.4 Å². The maximum Gasteiger partial charge on any atom is 0.329 e. The lowest BCUT2D eigenvalue weighted by Crippen LogP contribution is -2.50. The van der Waals surface area contributed by atoms with E-state index in [-0.39, 0.29) is 44.5 Å². The molecule has 2 atom stereocenters. The van der Waals surface area contributed by atoms with Gasteiger partial charge >= 0.3 is 11.9 Å². The third-order valence-electron chi connectivity index (χ3n) is 7.39. The topological polar surface area (TPSA) is 137 Å². The predicted octanol–water partition coefficient (Wildman–Crippen LogP) is 4.42. The highest BCUT2D eigenvalue weighted by atomic mass is 16.6. The van der Waals surface area contributed by atoms with Crippen LogP contribution < -0.4 is 5.32 Å². The lowest BCUT2D eigenvalue weighted by molar-refractivity contribution is -0.152. The van der Waals surface area contributed by atoms with Crippen LogP contribution in [-0.2, 0) is 35.0 Å². The number of esters is 1. The molecule has 0 unspecified atom stereocenters. The fourth-order valence-corrected chi connectivity index (χ4v) is 5.09. The molecule has 2 N–H and O–H groups in total. The number of nitrogens with zero attached hydrogens (tertiary/aromatic N) is 1. The van der Waals surface area contributed by atoms with Gasteiger partial charge in [-0.15, -0.1) is 0 Å². The molecule has 0 radical (unpaired) electrons. The van der Waals surface area contributed by atoms with Crippen LogP contribution >= 0.6 is 0 Å². The highest BCUT2D eigenvalue weighted by Gasteiger charge is 2.45. The third kappa shape index (κ3) is 9.16. The number of oxazole rings is 1. The number of hydrogen-bond acceptors (Lipinski definition) is 8. The largest absolute Gasteiger partial charge is 0.481 e. The fraction of sp³-hybridized carbons (Fsp3) is 0.600. The maximum absolute atomic E-state index is 13.8. The highest BCUT2D eigenvalue weighted by Crippen LogP contribution is 2.44. The number of carboxylic acid groups (broad SMARTS) is 1. The minimum Gasteiger partial charge on any atom is -0.481 e. The smallest absolute Gasteiger partial charge is 0.329 e. The lowest BCUT2D eigenvalue weighted by atomic mass is 9.75. The Morgan fingerprint density at radius 3 is 2.52 bits per heavy atom. The Morgan fingerprint density at radius 1 is 1.10 bits per heavy atom. The van der Waals surface area contributed by atoms with E-state index in [1.807, 2.05) is 30.3 Å². The zero-order chi connectivity index (χ0) is 28.8. The molecule has 10 heteroatoms. The van der Waals surface area contributed by atoms with Gasteiger partial charge in [-0.2, -0.15) is 0 Å². The van der Waals surface area contributed by atoms with Gasteiger partial charge in [0.2, 0.25) is 5.91 Å². The quantitative estimate of drug-likeness (QED) is 0.201. The van der Waals surface area contributed by atoms with Gasteiger partial charge in [0.1, 0.15) is 12.6 Å². The standard InChI is InChI=1S/C30H42N2O8/c1-3-4-15-38-17-18-39-28(35)24(19-26-31-21-25(40-26)22-10-6-5-7-11-22)32-29(36)30(13-8-9-14-30)20-23(27(33)34)12-16-37-2/h5-7,10-11,21,23-24H,3-4,8-9,12-20H2,1-2H3,(H,32,36)(H,33,34)/t23-,24+/m1/s1. The molecule has 1 aromatic heterocycles. The highest BCUT2D eigenvalue weighted by molar-refractivity contribution is 5.89. The number of carbonyl (C=O) groups excluding carboxylic acids is 2. The van der Waals surface area contributed by atoms with Crippen LogP contribution in [0.25, 0.3) is 11.3 Å². The van der Waals surface area contributed by atoms with Gasteiger partial charge < -0.3 is 29.1 Å². The number of aliphatic carboxylic acids is 1. The Kier molecular flexibility index (Phi) is 12.6. The molecular weight excluding hydrogens is 516 g/mol. The van der Waals surface area contributed by atoms with Crippen LogP contribution in [0, 0.1) is 11.3 Å². The SMILES string of the molecule is CCCCOCCOC(=O)[C@H](Cc1ncc(-c2ccccc2)o1)NC(=O)C1(C[C@@H](CCOC)C(=O)O)CCCC1. The minimum atomic E-state index is -1.05. The number of hydrogen-bond donors (Lipinski definition) is 2. The van der Waals surface area contributed by atoms with Crippen molar-refractivity contribution in [3.8, 4) is 11.3 Å². The van der Waals surface area contributed by atoms with Crippen molar-refractivity contribution in [2.75, 3.05) is 33.5 Å². The van der Waals surface area contributed by atoms with Crippen LogP contribution in [0.2, 0.25) is 0 Å². The maximum atomic E-state index is 13.8. The van der Waals surface area contributed by atoms with Crippen molar-refractivity contribution >= 4 is 17.8 Å². The first kappa shape index (κ1) is 31.3. The van der Waals surface area contributed by atoms with Gasteiger partial charge in [0.25, 0.3) is 0 Å². The van der Waals surface area contributed by atoms with Crippen molar-refractivity contribution in [2.45, 2.75) is 70.8 Å². The van der Waals surface area contributed by atoms with Crippen molar-refractivity contribution in [2.24, 2.45) is 11.3 Å². The molecule has 1 aliphatic rings. The summed E-state index contributed by atoms with van der Waals surface area (Å²) in [5, 5.41) is 12.7. The molecule has 10 nitrogen and oxygen atoms in total. The molecule has 220 valence electrons. The molecule has 40 heavy (non-hydrogen) atoms. The number of ether oxygens (including phenoxy) is 3. The van der Waals surface area contributed by atoms with Gasteiger partial charge in [0.05, 0.1) is 30.6 Å². The molecule has 2 aromatic rings. The van der Waals surface area contributed by atoms with E-state index in [4.69, 9.17) is 18.6 Å². The Hall–Kier alpha value is -3.24. The average molecular weight is 559 g/mol. The molecule has 1 aliphatic carbocycles. The molecule has 1 heterocycles. The van der Waals surface area contributed by atoms with Gasteiger partial charge in [-0.25, -0.2) is 9.78 Å². The average Bonchev–Trinajstić information content (AvgIpc) is 3.63. The second kappa shape index (κ2) is 16.1. The van der Waals surface area contributed by atoms with E-state index in [0.717, 1.165) is 31.2 Å². The molecule has 1 amide bonds. The number of carboxylic acids is 1. The van der Waals surface area contributed by atoms with Crippen LogP contribution in [0.5, 0.6) is 0 Å². The first-order valence-corrected chi connectivity index (χ1v) is 14.2. The molecule has 0 bridgehead atoms. The van der Waals surface area contributed by atoms with Gasteiger partial charge in [0, 0.05) is 25.9 Å². The predicted molar refractivity (Wildman–Crippen MR) is 147 cm³/mol. The summed E-state index contributed by atoms with van der Waals surface area (Å²) in [6, 6.07) is 8.41. The minimum absolute atomic E-state index is 0.00376. The normalized spacial score (nSPS) is 15.8. The van der Waals surface area contributed by atoms with E-state index in [9.17, 15) is 19.5 Å². The number of benzene rings is 1. The summed E-state index contributed by atoms with van der Waals surface area (Å²) in [7, 11) is 1.52. The van der Waals surface area contributed by atoms with E-state index in [1.54, 1.807) is 6.20 Å². The second-order valence-electron chi connectivity index (χ2n) is 10.4. The molecule has 0 aliphatic heterocycles. The number of nitrogens with one attached hydrogen (secondary N) is 1. The summed E-state index contributed by atoms with van der Waals surface area (Å²) < 4.78 is 21.9. The fourth-order valence-electron chi connectivity index (χ4n) is 5.09. The zero-order valence-corrected chi connectivity index (χ0v) is 23.6. The Bertz CT molecular complexity index is 1060. The van der Waals surface area contributed by atoms with E-state index in [2.05, 4.69) is 17.2 Å². The van der Waals surface area contributed by atoms with Crippen molar-refractivity contribution in [3.63, 3.8) is 0 Å². The van der Waals surface area contributed by atoms with E-state index in [1.165, 1.54) is 7.11 Å². The molecule has 1 fully saturated rings. The summed E-state index contributed by atoms with van der Waals surface area (Å²) in [4.78, 5) is 43.2. The van der Waals surface area contributed by atoms with Crippen LogP contribution in [-0.4, -0.2) is 67.5 Å². The lowest BCUT2D eigenvalue weighted by Gasteiger charge is -2.32. The molecule has 1 aromatic carbocycles. The Labute approximate surface area is 235 Å². The summed E-state index contributed by atoms with van der Waals surface area (Å²) in [6.45, 7) is 3.25. The van der Waals surface area contributed by atoms with Gasteiger partial charge in [-0.05, 0) is 32.1 Å². The van der Waals surface area contributed by atoms with E-state index in [0.29, 0.717) is 31.6 Å². The number of rotatable bonds is 18. The van der Waals surface area contributed by atoms with Crippen LogP contribution in [0.15, 0.2) is 40.9 Å². The first-order chi connectivity index (χ1) is 19.4. The Morgan fingerprint density at radius 2 is 1.85 bits per heavy atom. The Balaban J connectivity index is 1.74. The third-order valence-corrected chi connectivity index (χ3v) is 7.39. The number of methoxy groups -OCH3 is 1. The molecule has 3 rings (SSSR count). The van der Waals surface area contributed by atoms with Gasteiger partial charge in [0.15, 0.2) is 11.7 Å². The molecular formula is C30H42N2O8. The number of unbranched alkanes of at least 4 members (excludes halogenated alkanes) is 1. The van der Waals surface area contributed by atoms with Crippen molar-refractivity contribution in [1.29, 1.82) is 0 Å². The van der Waals surface area contributed by atoms with Crippen LogP contribution in [0.3, 0.4) is 0 Å². The molecule has 0 spiro atoms. The summed E-state index contributed by atoms with van der Waals surface area (Å²) in [6.07, 6.45) is 6.74.